The fraction of sp³-hybridized carbons (Fsp3) is 0.618. The molecule has 2 aromatic carbocycles. The Morgan fingerprint density at radius 2 is 1.77 bits per heavy atom. The van der Waals surface area contributed by atoms with Gasteiger partial charge in [0.15, 0.2) is 0 Å². The van der Waals surface area contributed by atoms with Gasteiger partial charge in [0.05, 0.1) is 12.3 Å². The first-order valence-electron chi connectivity index (χ1n) is 17.2. The number of benzene rings is 2. The lowest BCUT2D eigenvalue weighted by Gasteiger charge is -2.49. The van der Waals surface area contributed by atoms with Crippen LogP contribution in [-0.2, 0) is 17.0 Å². The summed E-state index contributed by atoms with van der Waals surface area (Å²) in [7, 11) is -5.13. The highest BCUT2D eigenvalue weighted by molar-refractivity contribution is 7.81. The molecule has 0 aromatic heterocycles. The smallest absolute Gasteiger partial charge is 0.396 e. The van der Waals surface area contributed by atoms with E-state index in [4.69, 9.17) is 0 Å². The molecule has 3 aliphatic rings. The Labute approximate surface area is 278 Å². The Bertz CT molecular complexity index is 1400. The van der Waals surface area contributed by atoms with Crippen molar-refractivity contribution < 1.29 is 26.4 Å². The van der Waals surface area contributed by atoms with E-state index in [0.29, 0.717) is 30.0 Å². The minimum absolute atomic E-state index is 0.00173. The number of nitrogens with zero attached hydrogens (tertiary/aromatic N) is 1. The molecule has 0 radical (unpaired) electrons. The van der Waals surface area contributed by atoms with Gasteiger partial charge >= 0.3 is 10.5 Å². The number of carbonyl (C=O) groups is 1. The van der Waals surface area contributed by atoms with E-state index in [2.05, 4.69) is 35.9 Å². The molecular formula is C34H51FN6O5S. The first-order valence-corrected chi connectivity index (χ1v) is 18.5. The van der Waals surface area contributed by atoms with Crippen LogP contribution in [0.3, 0.4) is 0 Å². The van der Waals surface area contributed by atoms with E-state index in [1.54, 1.807) is 18.2 Å². The highest BCUT2D eigenvalue weighted by atomic mass is 32.3. The first kappa shape index (κ1) is 35.5. The van der Waals surface area contributed by atoms with Crippen molar-refractivity contribution in [2.45, 2.75) is 89.5 Å². The maximum atomic E-state index is 13.0. The summed E-state index contributed by atoms with van der Waals surface area (Å²) in [6, 6.07) is 13.2. The summed E-state index contributed by atoms with van der Waals surface area (Å²) >= 11 is 0. The predicted molar refractivity (Wildman–Crippen MR) is 180 cm³/mol. The van der Waals surface area contributed by atoms with Crippen LogP contribution in [0.2, 0.25) is 0 Å². The van der Waals surface area contributed by atoms with Crippen molar-refractivity contribution in [3.8, 4) is 5.75 Å². The molecule has 0 bridgehead atoms. The number of hydrogen-bond donors (Lipinski definition) is 6. The second-order valence-electron chi connectivity index (χ2n) is 13.2. The normalized spacial score (nSPS) is 24.1. The fourth-order valence-corrected chi connectivity index (χ4v) is 8.05. The van der Waals surface area contributed by atoms with Gasteiger partial charge < -0.3 is 25.2 Å². The maximum Gasteiger partial charge on any atom is 0.488 e. The number of rotatable bonds is 12. The van der Waals surface area contributed by atoms with Crippen LogP contribution in [-0.4, -0.2) is 69.4 Å². The third-order valence-electron chi connectivity index (χ3n) is 10.0. The van der Waals surface area contributed by atoms with Gasteiger partial charge in [0, 0.05) is 44.0 Å². The monoisotopic (exact) mass is 674 g/mol. The molecule has 6 N–H and O–H groups in total. The zero-order valence-corrected chi connectivity index (χ0v) is 28.0. The summed E-state index contributed by atoms with van der Waals surface area (Å²) in [4.78, 5) is 15.5. The molecule has 1 amide bonds. The van der Waals surface area contributed by atoms with Crippen molar-refractivity contribution in [2.75, 3.05) is 38.1 Å². The fourth-order valence-electron chi connectivity index (χ4n) is 7.72. The Morgan fingerprint density at radius 1 is 1.02 bits per heavy atom. The topological polar surface area (TPSA) is 144 Å². The number of anilines is 1. The summed E-state index contributed by atoms with van der Waals surface area (Å²) in [6.45, 7) is 3.72. The van der Waals surface area contributed by atoms with Crippen LogP contribution in [0, 0.1) is 11.3 Å². The first-order chi connectivity index (χ1) is 22.8. The minimum Gasteiger partial charge on any atom is -0.396 e. The second kappa shape index (κ2) is 17.0. The van der Waals surface area contributed by atoms with Crippen molar-refractivity contribution in [3.63, 3.8) is 0 Å². The highest BCUT2D eigenvalue weighted by Gasteiger charge is 2.48. The van der Waals surface area contributed by atoms with Crippen LogP contribution in [0.15, 0.2) is 48.5 Å². The van der Waals surface area contributed by atoms with Gasteiger partial charge in [-0.1, -0.05) is 67.0 Å². The number of aliphatic hydroxyl groups excluding tert-OH is 1. The molecule has 13 heteroatoms. The van der Waals surface area contributed by atoms with E-state index in [-0.39, 0.29) is 42.6 Å². The van der Waals surface area contributed by atoms with Gasteiger partial charge in [-0.15, -0.1) is 0 Å². The van der Waals surface area contributed by atoms with Gasteiger partial charge in [-0.3, -0.25) is 9.69 Å². The molecule has 11 nitrogen and oxygen atoms in total. The zero-order chi connectivity index (χ0) is 33.1. The average molecular weight is 675 g/mol. The molecule has 3 fully saturated rings. The maximum absolute atomic E-state index is 13.0. The standard InChI is InChI=1S/C34H51FN6O5S/c35-47(44,45)46-29-14-8-11-26(21-29)23-38-33(43)27-12-9-13-28(22-27)37-24-31-39-40-32(41(31)19-10-20-42)30-15-18-36-25-34(30)16-6-4-2-1-3-5-7-17-34/h8-9,11-14,21-22,30-32,36-37,39-40,42H,1-7,10,15-20,23-25H2,(H,38,43). The molecule has 3 atom stereocenters. The summed E-state index contributed by atoms with van der Waals surface area (Å²) in [5.41, 5.74) is 9.34. The SMILES string of the molecule is O=C(NCc1cccc(OS(=O)(=O)F)c1)c1cccc(NCC2NNC(C3CCNCC34CCCCCCCCC4)N2CCCO)c1. The molecule has 2 heterocycles. The lowest BCUT2D eigenvalue weighted by molar-refractivity contribution is 0.00266. The van der Waals surface area contributed by atoms with Gasteiger partial charge in [0.25, 0.3) is 5.91 Å². The van der Waals surface area contributed by atoms with Crippen molar-refractivity contribution in [1.29, 1.82) is 0 Å². The lowest BCUT2D eigenvalue weighted by Crippen LogP contribution is -2.57. The molecule has 5 rings (SSSR count). The van der Waals surface area contributed by atoms with Gasteiger partial charge in [-0.25, -0.2) is 10.9 Å². The summed E-state index contributed by atoms with van der Waals surface area (Å²) in [5.74, 6) is 0.0342. The Kier molecular flexibility index (Phi) is 12.9. The van der Waals surface area contributed by atoms with Gasteiger partial charge in [-0.2, -0.15) is 8.42 Å². The third-order valence-corrected chi connectivity index (χ3v) is 10.4. The van der Waals surface area contributed by atoms with E-state index in [1.165, 1.54) is 76.0 Å². The van der Waals surface area contributed by atoms with Crippen LogP contribution in [0.5, 0.6) is 5.75 Å². The Balaban J connectivity index is 1.21. The Morgan fingerprint density at radius 3 is 2.51 bits per heavy atom. The summed E-state index contributed by atoms with van der Waals surface area (Å²) in [6.07, 6.45) is 13.8. The van der Waals surface area contributed by atoms with Gasteiger partial charge in [0.1, 0.15) is 5.75 Å². The second-order valence-corrected chi connectivity index (χ2v) is 14.2. The molecular weight excluding hydrogens is 623 g/mol. The Hall–Kier alpha value is -2.81. The average Bonchev–Trinajstić information content (AvgIpc) is 3.46. The molecule has 1 spiro atoms. The number of hydrogen-bond acceptors (Lipinski definition) is 10. The number of aliphatic hydroxyl groups is 1. The van der Waals surface area contributed by atoms with Crippen molar-refractivity contribution in [3.05, 3.63) is 59.7 Å². The van der Waals surface area contributed by atoms with Crippen LogP contribution < -0.4 is 31.0 Å². The van der Waals surface area contributed by atoms with E-state index in [9.17, 15) is 22.2 Å². The molecule has 2 aromatic rings. The number of halogens is 1. The van der Waals surface area contributed by atoms with Crippen LogP contribution in [0.4, 0.5) is 9.57 Å². The van der Waals surface area contributed by atoms with Crippen LogP contribution in [0.25, 0.3) is 0 Å². The number of piperidine rings is 1. The molecule has 1 saturated carbocycles. The van der Waals surface area contributed by atoms with Crippen LogP contribution in [0.1, 0.15) is 86.6 Å². The summed E-state index contributed by atoms with van der Waals surface area (Å²) < 4.78 is 38.8. The summed E-state index contributed by atoms with van der Waals surface area (Å²) in [5, 5.41) is 19.8. The number of amides is 1. The largest absolute Gasteiger partial charge is 0.488 e. The van der Waals surface area contributed by atoms with E-state index in [1.807, 2.05) is 12.1 Å². The molecule has 3 unspecified atom stereocenters. The van der Waals surface area contributed by atoms with E-state index < -0.39 is 10.5 Å². The van der Waals surface area contributed by atoms with Crippen LogP contribution >= 0.6 is 0 Å². The van der Waals surface area contributed by atoms with Gasteiger partial charge in [-0.05, 0) is 79.5 Å². The molecule has 47 heavy (non-hydrogen) atoms. The molecule has 2 saturated heterocycles. The van der Waals surface area contributed by atoms with E-state index >= 15 is 0 Å². The van der Waals surface area contributed by atoms with Crippen molar-refractivity contribution in [2.24, 2.45) is 11.3 Å². The number of carbonyl (C=O) groups excluding carboxylic acids is 1. The van der Waals surface area contributed by atoms with E-state index in [0.717, 1.165) is 31.7 Å². The quantitative estimate of drug-likeness (QED) is 0.182. The minimum atomic E-state index is -5.13. The molecule has 2 aliphatic heterocycles. The highest BCUT2D eigenvalue weighted by Crippen LogP contribution is 2.46. The predicted octanol–water partition coefficient (Wildman–Crippen LogP) is 4.19. The van der Waals surface area contributed by atoms with Gasteiger partial charge in [0.2, 0.25) is 0 Å². The zero-order valence-electron chi connectivity index (χ0n) is 27.2. The lowest BCUT2D eigenvalue weighted by atomic mass is 9.64. The van der Waals surface area contributed by atoms with Crippen molar-refractivity contribution in [1.82, 2.24) is 26.4 Å². The third kappa shape index (κ3) is 10.1. The molecule has 260 valence electrons. The van der Waals surface area contributed by atoms with Crippen molar-refractivity contribution >= 4 is 22.1 Å². The number of hydrazine groups is 1. The number of nitrogens with one attached hydrogen (secondary N) is 5. The molecule has 1 aliphatic carbocycles.